The molecule has 0 aliphatic carbocycles. The van der Waals surface area contributed by atoms with Crippen molar-refractivity contribution in [1.29, 1.82) is 0 Å². The summed E-state index contributed by atoms with van der Waals surface area (Å²) >= 11 is 0. The summed E-state index contributed by atoms with van der Waals surface area (Å²) in [5.41, 5.74) is 3.89. The lowest BCUT2D eigenvalue weighted by Gasteiger charge is -2.10. The predicted molar refractivity (Wildman–Crippen MR) is 83.5 cm³/mol. The van der Waals surface area contributed by atoms with E-state index in [4.69, 9.17) is 0 Å². The fourth-order valence-corrected chi connectivity index (χ4v) is 2.20. The van der Waals surface area contributed by atoms with E-state index in [1.807, 2.05) is 61.1 Å². The molecular weight excluding hydrogens is 262 g/mol. The topological polar surface area (TPSA) is 55.6 Å². The highest BCUT2D eigenvalue weighted by Gasteiger charge is 2.12. The molecule has 0 spiro atoms. The number of aryl methyl sites for hydroxylation is 1. The van der Waals surface area contributed by atoms with Gasteiger partial charge in [-0.2, -0.15) is 5.10 Å². The van der Waals surface area contributed by atoms with Gasteiger partial charge in [-0.1, -0.05) is 18.2 Å². The minimum Gasteiger partial charge on any atom is -0.354 e. The SMILES string of the molecule is CCNc1ncc(C)c(-c2ccnn2-c2ccccc2)n1. The van der Waals surface area contributed by atoms with Crippen molar-refractivity contribution < 1.29 is 0 Å². The van der Waals surface area contributed by atoms with Gasteiger partial charge < -0.3 is 5.32 Å². The monoisotopic (exact) mass is 279 g/mol. The van der Waals surface area contributed by atoms with Gasteiger partial charge in [0.2, 0.25) is 5.95 Å². The van der Waals surface area contributed by atoms with E-state index in [0.717, 1.165) is 29.2 Å². The molecule has 0 amide bonds. The quantitative estimate of drug-likeness (QED) is 0.797. The third kappa shape index (κ3) is 2.63. The van der Waals surface area contributed by atoms with Gasteiger partial charge in [0, 0.05) is 12.7 Å². The Morgan fingerprint density at radius 3 is 2.71 bits per heavy atom. The van der Waals surface area contributed by atoms with Crippen LogP contribution in [-0.4, -0.2) is 26.3 Å². The van der Waals surface area contributed by atoms with Gasteiger partial charge in [0.05, 0.1) is 23.3 Å². The van der Waals surface area contributed by atoms with Crippen molar-refractivity contribution in [2.24, 2.45) is 0 Å². The lowest BCUT2D eigenvalue weighted by molar-refractivity contribution is 0.881. The van der Waals surface area contributed by atoms with Gasteiger partial charge in [0.25, 0.3) is 0 Å². The van der Waals surface area contributed by atoms with Gasteiger partial charge in [-0.15, -0.1) is 0 Å². The average Bonchev–Trinajstić information content (AvgIpc) is 3.00. The van der Waals surface area contributed by atoms with Crippen molar-refractivity contribution >= 4 is 5.95 Å². The molecule has 0 aliphatic heterocycles. The number of rotatable bonds is 4. The van der Waals surface area contributed by atoms with Crippen LogP contribution in [-0.2, 0) is 0 Å². The van der Waals surface area contributed by atoms with E-state index >= 15 is 0 Å². The Balaban J connectivity index is 2.10. The van der Waals surface area contributed by atoms with E-state index in [1.165, 1.54) is 0 Å². The number of nitrogens with one attached hydrogen (secondary N) is 1. The van der Waals surface area contributed by atoms with E-state index in [0.29, 0.717) is 5.95 Å². The van der Waals surface area contributed by atoms with Crippen LogP contribution in [0.5, 0.6) is 0 Å². The van der Waals surface area contributed by atoms with Gasteiger partial charge in [-0.05, 0) is 37.6 Å². The molecule has 5 nitrogen and oxygen atoms in total. The highest BCUT2D eigenvalue weighted by Crippen LogP contribution is 2.24. The zero-order chi connectivity index (χ0) is 14.7. The minimum atomic E-state index is 0.638. The van der Waals surface area contributed by atoms with Crippen molar-refractivity contribution in [1.82, 2.24) is 19.7 Å². The van der Waals surface area contributed by atoms with Crippen molar-refractivity contribution in [2.75, 3.05) is 11.9 Å². The molecule has 106 valence electrons. The fourth-order valence-electron chi connectivity index (χ4n) is 2.20. The van der Waals surface area contributed by atoms with E-state index in [9.17, 15) is 0 Å². The summed E-state index contributed by atoms with van der Waals surface area (Å²) in [5.74, 6) is 0.638. The van der Waals surface area contributed by atoms with Gasteiger partial charge in [-0.25, -0.2) is 14.6 Å². The molecular formula is C16H17N5. The van der Waals surface area contributed by atoms with Crippen LogP contribution in [0, 0.1) is 6.92 Å². The standard InChI is InChI=1S/C16H17N5/c1-3-17-16-18-11-12(2)15(20-16)14-9-10-19-21(14)13-7-5-4-6-8-13/h4-11H,3H2,1-2H3,(H,17,18,20). The molecule has 0 atom stereocenters. The highest BCUT2D eigenvalue weighted by atomic mass is 15.3. The van der Waals surface area contributed by atoms with E-state index < -0.39 is 0 Å². The molecule has 21 heavy (non-hydrogen) atoms. The van der Waals surface area contributed by atoms with E-state index in [1.54, 1.807) is 6.20 Å². The van der Waals surface area contributed by atoms with Gasteiger partial charge in [0.1, 0.15) is 0 Å². The average molecular weight is 279 g/mol. The van der Waals surface area contributed by atoms with Gasteiger partial charge >= 0.3 is 0 Å². The summed E-state index contributed by atoms with van der Waals surface area (Å²) in [6, 6.07) is 12.0. The number of nitrogens with zero attached hydrogens (tertiary/aromatic N) is 4. The zero-order valence-corrected chi connectivity index (χ0v) is 12.1. The van der Waals surface area contributed by atoms with Gasteiger partial charge in [0.15, 0.2) is 0 Å². The smallest absolute Gasteiger partial charge is 0.223 e. The highest BCUT2D eigenvalue weighted by molar-refractivity contribution is 5.62. The number of para-hydroxylation sites is 1. The maximum Gasteiger partial charge on any atom is 0.223 e. The Bertz CT molecular complexity index is 733. The number of anilines is 1. The van der Waals surface area contributed by atoms with Crippen molar-refractivity contribution in [3.8, 4) is 17.1 Å². The molecule has 1 N–H and O–H groups in total. The summed E-state index contributed by atoms with van der Waals surface area (Å²) in [4.78, 5) is 8.90. The Kier molecular flexibility index (Phi) is 3.64. The van der Waals surface area contributed by atoms with Crippen LogP contribution in [0.25, 0.3) is 17.1 Å². The number of aromatic nitrogens is 4. The second-order valence-corrected chi connectivity index (χ2v) is 4.72. The first-order chi connectivity index (χ1) is 10.3. The van der Waals surface area contributed by atoms with Crippen LogP contribution in [0.15, 0.2) is 48.8 Å². The second kappa shape index (κ2) is 5.75. The maximum atomic E-state index is 4.61. The Morgan fingerprint density at radius 1 is 1.14 bits per heavy atom. The first-order valence-corrected chi connectivity index (χ1v) is 6.97. The summed E-state index contributed by atoms with van der Waals surface area (Å²) in [6.07, 6.45) is 3.62. The minimum absolute atomic E-state index is 0.638. The summed E-state index contributed by atoms with van der Waals surface area (Å²) in [5, 5.41) is 7.56. The summed E-state index contributed by atoms with van der Waals surface area (Å²) in [7, 11) is 0. The van der Waals surface area contributed by atoms with Crippen LogP contribution in [0.4, 0.5) is 5.95 Å². The molecule has 0 fully saturated rings. The molecule has 0 radical (unpaired) electrons. The molecule has 2 aromatic heterocycles. The lowest BCUT2D eigenvalue weighted by atomic mass is 10.2. The largest absolute Gasteiger partial charge is 0.354 e. The zero-order valence-electron chi connectivity index (χ0n) is 12.1. The van der Waals surface area contributed by atoms with Crippen molar-refractivity contribution in [2.45, 2.75) is 13.8 Å². The molecule has 0 saturated heterocycles. The van der Waals surface area contributed by atoms with E-state index in [-0.39, 0.29) is 0 Å². The molecule has 3 rings (SSSR count). The first kappa shape index (κ1) is 13.3. The molecule has 0 saturated carbocycles. The molecule has 0 bridgehead atoms. The van der Waals surface area contributed by atoms with Crippen molar-refractivity contribution in [3.05, 3.63) is 54.4 Å². The van der Waals surface area contributed by atoms with Crippen LogP contribution in [0.3, 0.4) is 0 Å². The molecule has 0 unspecified atom stereocenters. The number of hydrogen-bond donors (Lipinski definition) is 1. The Labute approximate surface area is 123 Å². The van der Waals surface area contributed by atoms with Crippen LogP contribution >= 0.6 is 0 Å². The third-order valence-electron chi connectivity index (χ3n) is 3.19. The Hall–Kier alpha value is -2.69. The maximum absolute atomic E-state index is 4.61. The van der Waals surface area contributed by atoms with Crippen LogP contribution < -0.4 is 5.32 Å². The molecule has 1 aromatic carbocycles. The fraction of sp³-hybridized carbons (Fsp3) is 0.188. The molecule has 2 heterocycles. The Morgan fingerprint density at radius 2 is 1.95 bits per heavy atom. The third-order valence-corrected chi connectivity index (χ3v) is 3.19. The molecule has 5 heteroatoms. The van der Waals surface area contributed by atoms with Crippen molar-refractivity contribution in [3.63, 3.8) is 0 Å². The van der Waals surface area contributed by atoms with Gasteiger partial charge in [-0.3, -0.25) is 0 Å². The first-order valence-electron chi connectivity index (χ1n) is 6.97. The lowest BCUT2D eigenvalue weighted by Crippen LogP contribution is -2.06. The van der Waals surface area contributed by atoms with Crippen LogP contribution in [0.1, 0.15) is 12.5 Å². The van der Waals surface area contributed by atoms with Crippen LogP contribution in [0.2, 0.25) is 0 Å². The summed E-state index contributed by atoms with van der Waals surface area (Å²) < 4.78 is 1.89. The number of benzene rings is 1. The second-order valence-electron chi connectivity index (χ2n) is 4.72. The van der Waals surface area contributed by atoms with E-state index in [2.05, 4.69) is 20.4 Å². The molecule has 0 aliphatic rings. The predicted octanol–water partition coefficient (Wildman–Crippen LogP) is 3.07. The normalized spacial score (nSPS) is 10.6. The summed E-state index contributed by atoms with van der Waals surface area (Å²) in [6.45, 7) is 4.82. The number of hydrogen-bond acceptors (Lipinski definition) is 4. The molecule has 3 aromatic rings.